The van der Waals surface area contributed by atoms with Crippen molar-refractivity contribution in [1.82, 2.24) is 4.57 Å². The first-order chi connectivity index (χ1) is 12.0. The van der Waals surface area contributed by atoms with Gasteiger partial charge in [-0.1, -0.05) is 17.7 Å². The molecule has 3 rings (SSSR count). The standard InChI is InChI=1S/C20H19ClIN3/c1-13-4-7-18(11-20(13)21)24-23-12-16-10-14(2)25(15(16)3)19-8-5-17(22)6-9-19/h4-12,24H,1-3H3/b23-12+. The van der Waals surface area contributed by atoms with Crippen molar-refractivity contribution >= 4 is 46.1 Å². The minimum Gasteiger partial charge on any atom is -0.318 e. The summed E-state index contributed by atoms with van der Waals surface area (Å²) in [5.41, 5.74) is 9.55. The smallest absolute Gasteiger partial charge is 0.0576 e. The van der Waals surface area contributed by atoms with Gasteiger partial charge < -0.3 is 4.57 Å². The molecule has 0 unspecified atom stereocenters. The minimum atomic E-state index is 0.733. The number of benzene rings is 2. The fourth-order valence-corrected chi connectivity index (χ4v) is 3.28. The second-order valence-corrected chi connectivity index (χ2v) is 7.63. The van der Waals surface area contributed by atoms with Crippen molar-refractivity contribution in [2.45, 2.75) is 20.8 Å². The Morgan fingerprint density at radius 3 is 2.44 bits per heavy atom. The maximum Gasteiger partial charge on any atom is 0.0576 e. The molecular formula is C20H19ClIN3. The van der Waals surface area contributed by atoms with Gasteiger partial charge in [0.05, 0.1) is 11.9 Å². The highest BCUT2D eigenvalue weighted by atomic mass is 127. The molecule has 1 N–H and O–H groups in total. The quantitative estimate of drug-likeness (QED) is 0.282. The fourth-order valence-electron chi connectivity index (χ4n) is 2.74. The van der Waals surface area contributed by atoms with Crippen molar-refractivity contribution in [3.8, 4) is 5.69 Å². The summed E-state index contributed by atoms with van der Waals surface area (Å²) >= 11 is 8.46. The number of aromatic nitrogens is 1. The van der Waals surface area contributed by atoms with Crippen molar-refractivity contribution in [2.24, 2.45) is 5.10 Å². The van der Waals surface area contributed by atoms with Crippen molar-refractivity contribution in [2.75, 3.05) is 5.43 Å². The van der Waals surface area contributed by atoms with E-state index in [0.29, 0.717) is 0 Å². The van der Waals surface area contributed by atoms with E-state index in [2.05, 4.69) is 81.9 Å². The molecular weight excluding hydrogens is 445 g/mol. The number of aryl methyl sites for hydroxylation is 2. The van der Waals surface area contributed by atoms with E-state index in [1.54, 1.807) is 0 Å². The van der Waals surface area contributed by atoms with E-state index >= 15 is 0 Å². The van der Waals surface area contributed by atoms with Crippen LogP contribution >= 0.6 is 34.2 Å². The molecule has 0 saturated carbocycles. The zero-order chi connectivity index (χ0) is 18.0. The first kappa shape index (κ1) is 18.0. The van der Waals surface area contributed by atoms with Gasteiger partial charge in [0.2, 0.25) is 0 Å². The van der Waals surface area contributed by atoms with Gasteiger partial charge in [0.25, 0.3) is 0 Å². The number of nitrogens with zero attached hydrogens (tertiary/aromatic N) is 2. The van der Waals surface area contributed by atoms with E-state index in [4.69, 9.17) is 11.6 Å². The zero-order valence-corrected chi connectivity index (χ0v) is 17.3. The Bertz CT molecular complexity index is 927. The van der Waals surface area contributed by atoms with Gasteiger partial charge in [-0.05, 0) is 91.4 Å². The van der Waals surface area contributed by atoms with Crippen LogP contribution in [0, 0.1) is 24.3 Å². The third-order valence-electron chi connectivity index (χ3n) is 4.12. The van der Waals surface area contributed by atoms with Crippen molar-refractivity contribution in [1.29, 1.82) is 0 Å². The molecule has 0 fully saturated rings. The Hall–Kier alpha value is -1.79. The van der Waals surface area contributed by atoms with Crippen LogP contribution in [-0.4, -0.2) is 10.8 Å². The second-order valence-electron chi connectivity index (χ2n) is 5.97. The molecule has 1 aromatic heterocycles. The average molecular weight is 464 g/mol. The van der Waals surface area contributed by atoms with Crippen LogP contribution in [0.25, 0.3) is 5.69 Å². The average Bonchev–Trinajstić information content (AvgIpc) is 2.86. The summed E-state index contributed by atoms with van der Waals surface area (Å²) in [5.74, 6) is 0. The summed E-state index contributed by atoms with van der Waals surface area (Å²) in [7, 11) is 0. The van der Waals surface area contributed by atoms with Crippen LogP contribution in [0.5, 0.6) is 0 Å². The number of halogens is 2. The van der Waals surface area contributed by atoms with Gasteiger partial charge in [0.1, 0.15) is 0 Å². The summed E-state index contributed by atoms with van der Waals surface area (Å²) in [6.07, 6.45) is 1.85. The molecule has 0 bridgehead atoms. The predicted octanol–water partition coefficient (Wildman–Crippen LogP) is 6.11. The van der Waals surface area contributed by atoms with E-state index in [1.807, 2.05) is 31.3 Å². The highest BCUT2D eigenvalue weighted by molar-refractivity contribution is 14.1. The lowest BCUT2D eigenvalue weighted by molar-refractivity contribution is 0.964. The Morgan fingerprint density at radius 2 is 1.76 bits per heavy atom. The van der Waals surface area contributed by atoms with Crippen LogP contribution in [0.1, 0.15) is 22.5 Å². The monoisotopic (exact) mass is 463 g/mol. The lowest BCUT2D eigenvalue weighted by Gasteiger charge is -2.09. The number of hydrogen-bond acceptors (Lipinski definition) is 2. The van der Waals surface area contributed by atoms with E-state index in [0.717, 1.165) is 33.2 Å². The summed E-state index contributed by atoms with van der Waals surface area (Å²) in [4.78, 5) is 0. The summed E-state index contributed by atoms with van der Waals surface area (Å²) in [6.45, 7) is 6.19. The highest BCUT2D eigenvalue weighted by Gasteiger charge is 2.09. The van der Waals surface area contributed by atoms with Crippen molar-refractivity contribution in [3.63, 3.8) is 0 Å². The van der Waals surface area contributed by atoms with E-state index in [9.17, 15) is 0 Å². The molecule has 3 nitrogen and oxygen atoms in total. The third kappa shape index (κ3) is 4.07. The van der Waals surface area contributed by atoms with Crippen molar-refractivity contribution in [3.05, 3.63) is 79.6 Å². The number of hydrogen-bond donors (Lipinski definition) is 1. The number of nitrogens with one attached hydrogen (secondary N) is 1. The highest BCUT2D eigenvalue weighted by Crippen LogP contribution is 2.22. The predicted molar refractivity (Wildman–Crippen MR) is 115 cm³/mol. The normalized spacial score (nSPS) is 11.2. The Labute approximate surface area is 166 Å². The van der Waals surface area contributed by atoms with Gasteiger partial charge in [0.15, 0.2) is 0 Å². The SMILES string of the molecule is Cc1ccc(N/N=C/c2cc(C)n(-c3ccc(I)cc3)c2C)cc1Cl. The molecule has 0 aliphatic heterocycles. The van der Waals surface area contributed by atoms with Crippen LogP contribution in [0.3, 0.4) is 0 Å². The largest absolute Gasteiger partial charge is 0.318 e. The van der Waals surface area contributed by atoms with Crippen LogP contribution in [0.2, 0.25) is 5.02 Å². The topological polar surface area (TPSA) is 29.3 Å². The van der Waals surface area contributed by atoms with E-state index in [1.165, 1.54) is 9.26 Å². The molecule has 1 heterocycles. The molecule has 0 aliphatic rings. The first-order valence-corrected chi connectivity index (χ1v) is 9.41. The van der Waals surface area contributed by atoms with Gasteiger partial charge >= 0.3 is 0 Å². The molecule has 0 radical (unpaired) electrons. The molecule has 0 aliphatic carbocycles. The second kappa shape index (κ2) is 7.62. The maximum absolute atomic E-state index is 6.14. The molecule has 0 spiro atoms. The fraction of sp³-hybridized carbons (Fsp3) is 0.150. The number of rotatable bonds is 4. The van der Waals surface area contributed by atoms with Gasteiger partial charge in [-0.3, -0.25) is 5.43 Å². The zero-order valence-electron chi connectivity index (χ0n) is 14.3. The Balaban J connectivity index is 1.82. The molecule has 25 heavy (non-hydrogen) atoms. The maximum atomic E-state index is 6.14. The van der Waals surface area contributed by atoms with E-state index < -0.39 is 0 Å². The first-order valence-electron chi connectivity index (χ1n) is 7.96. The molecule has 0 amide bonds. The number of hydrazone groups is 1. The molecule has 2 aromatic carbocycles. The molecule has 128 valence electrons. The third-order valence-corrected chi connectivity index (χ3v) is 5.25. The van der Waals surface area contributed by atoms with Gasteiger partial charge in [-0.15, -0.1) is 0 Å². The van der Waals surface area contributed by atoms with Crippen LogP contribution in [0.4, 0.5) is 5.69 Å². The van der Waals surface area contributed by atoms with Crippen LogP contribution in [0.15, 0.2) is 53.6 Å². The lowest BCUT2D eigenvalue weighted by atomic mass is 10.2. The summed E-state index contributed by atoms with van der Waals surface area (Å²) in [5, 5.41) is 5.09. The van der Waals surface area contributed by atoms with Crippen LogP contribution in [-0.2, 0) is 0 Å². The van der Waals surface area contributed by atoms with Crippen molar-refractivity contribution < 1.29 is 0 Å². The Morgan fingerprint density at radius 1 is 1.04 bits per heavy atom. The Kier molecular flexibility index (Phi) is 5.49. The molecule has 3 aromatic rings. The number of anilines is 1. The van der Waals surface area contributed by atoms with Crippen LogP contribution < -0.4 is 5.43 Å². The van der Waals surface area contributed by atoms with Gasteiger partial charge in [0, 0.05) is 31.2 Å². The lowest BCUT2D eigenvalue weighted by Crippen LogP contribution is -1.99. The molecule has 0 atom stereocenters. The van der Waals surface area contributed by atoms with E-state index in [-0.39, 0.29) is 0 Å². The molecule has 0 saturated heterocycles. The summed E-state index contributed by atoms with van der Waals surface area (Å²) in [6, 6.07) is 16.5. The minimum absolute atomic E-state index is 0.733. The van der Waals surface area contributed by atoms with Gasteiger partial charge in [-0.25, -0.2) is 0 Å². The van der Waals surface area contributed by atoms with Gasteiger partial charge in [-0.2, -0.15) is 5.10 Å². The summed E-state index contributed by atoms with van der Waals surface area (Å²) < 4.78 is 3.46. The molecule has 5 heteroatoms.